The number of nitrogens with two attached hydrogens (primary N) is 1. The first kappa shape index (κ1) is 10.4. The fraction of sp³-hybridized carbons (Fsp3) is 0.636. The van der Waals surface area contributed by atoms with Crippen LogP contribution in [0.4, 0.5) is 0 Å². The molecule has 2 aliphatic rings. The SMILES string of the molecule is NCC1CC(=O)N(C2=CC(=O)CCC2)C1. The quantitative estimate of drug-likeness (QED) is 0.715. The van der Waals surface area contributed by atoms with E-state index in [1.807, 2.05) is 0 Å². The zero-order valence-electron chi connectivity index (χ0n) is 8.74. The van der Waals surface area contributed by atoms with Crippen molar-refractivity contribution < 1.29 is 9.59 Å². The third-order valence-electron chi connectivity index (χ3n) is 3.07. The zero-order valence-corrected chi connectivity index (χ0v) is 8.74. The number of allylic oxidation sites excluding steroid dienone is 2. The van der Waals surface area contributed by atoms with E-state index in [4.69, 9.17) is 5.73 Å². The van der Waals surface area contributed by atoms with Gasteiger partial charge >= 0.3 is 0 Å². The van der Waals surface area contributed by atoms with Crippen molar-refractivity contribution in [3.8, 4) is 0 Å². The van der Waals surface area contributed by atoms with E-state index in [2.05, 4.69) is 0 Å². The van der Waals surface area contributed by atoms with E-state index in [0.29, 0.717) is 25.9 Å². The molecule has 4 heteroatoms. The maximum Gasteiger partial charge on any atom is 0.227 e. The molecule has 1 atom stereocenters. The number of amides is 1. The van der Waals surface area contributed by atoms with Crippen LogP contribution in [0, 0.1) is 5.92 Å². The third kappa shape index (κ3) is 2.09. The Bertz CT molecular complexity index is 323. The van der Waals surface area contributed by atoms with Crippen molar-refractivity contribution in [2.75, 3.05) is 13.1 Å². The predicted octanol–water partition coefficient (Wildman–Crippen LogP) is 0.430. The molecule has 1 aliphatic carbocycles. The van der Waals surface area contributed by atoms with Crippen LogP contribution in [-0.2, 0) is 9.59 Å². The van der Waals surface area contributed by atoms with Gasteiger partial charge in [-0.1, -0.05) is 0 Å². The van der Waals surface area contributed by atoms with Gasteiger partial charge in [0.1, 0.15) is 0 Å². The van der Waals surface area contributed by atoms with Crippen molar-refractivity contribution in [1.82, 2.24) is 4.90 Å². The number of ketones is 1. The molecule has 1 amide bonds. The lowest BCUT2D eigenvalue weighted by atomic mass is 10.0. The minimum atomic E-state index is 0.117. The van der Waals surface area contributed by atoms with Gasteiger partial charge in [-0.3, -0.25) is 9.59 Å². The first-order chi connectivity index (χ1) is 7.20. The van der Waals surface area contributed by atoms with Gasteiger partial charge in [0.2, 0.25) is 5.91 Å². The summed E-state index contributed by atoms with van der Waals surface area (Å²) in [5.41, 5.74) is 6.45. The molecule has 0 aromatic rings. The molecular formula is C11H16N2O2. The smallest absolute Gasteiger partial charge is 0.227 e. The molecular weight excluding hydrogens is 192 g/mol. The summed E-state index contributed by atoms with van der Waals surface area (Å²) in [6.45, 7) is 1.23. The van der Waals surface area contributed by atoms with E-state index >= 15 is 0 Å². The number of hydrogen-bond acceptors (Lipinski definition) is 3. The molecule has 1 unspecified atom stereocenters. The largest absolute Gasteiger partial charge is 0.330 e. The van der Waals surface area contributed by atoms with Gasteiger partial charge < -0.3 is 10.6 Å². The van der Waals surface area contributed by atoms with Crippen LogP contribution in [0.3, 0.4) is 0 Å². The van der Waals surface area contributed by atoms with Crippen molar-refractivity contribution in [2.24, 2.45) is 11.7 Å². The van der Waals surface area contributed by atoms with E-state index in [9.17, 15) is 9.59 Å². The highest BCUT2D eigenvalue weighted by atomic mass is 16.2. The van der Waals surface area contributed by atoms with Gasteiger partial charge in [0, 0.05) is 31.2 Å². The minimum absolute atomic E-state index is 0.117. The first-order valence-corrected chi connectivity index (χ1v) is 5.44. The number of rotatable bonds is 2. The van der Waals surface area contributed by atoms with Crippen LogP contribution < -0.4 is 5.73 Å². The fourth-order valence-electron chi connectivity index (χ4n) is 2.20. The zero-order chi connectivity index (χ0) is 10.8. The predicted molar refractivity (Wildman–Crippen MR) is 55.8 cm³/mol. The Balaban J connectivity index is 2.11. The van der Waals surface area contributed by atoms with Gasteiger partial charge in [-0.25, -0.2) is 0 Å². The molecule has 1 aliphatic heterocycles. The first-order valence-electron chi connectivity index (χ1n) is 5.44. The number of carbonyl (C=O) groups excluding carboxylic acids is 2. The van der Waals surface area contributed by atoms with Crippen LogP contribution in [0.5, 0.6) is 0 Å². The summed E-state index contributed by atoms with van der Waals surface area (Å²) in [6, 6.07) is 0. The molecule has 4 nitrogen and oxygen atoms in total. The number of likely N-dealkylation sites (tertiary alicyclic amines) is 1. The summed E-state index contributed by atoms with van der Waals surface area (Å²) in [6.07, 6.45) is 4.48. The van der Waals surface area contributed by atoms with Crippen LogP contribution in [-0.4, -0.2) is 29.7 Å². The fourth-order valence-corrected chi connectivity index (χ4v) is 2.20. The number of nitrogens with zero attached hydrogens (tertiary/aromatic N) is 1. The normalized spacial score (nSPS) is 27.1. The average Bonchev–Trinajstić information content (AvgIpc) is 2.60. The van der Waals surface area contributed by atoms with Gasteiger partial charge in [-0.15, -0.1) is 0 Å². The highest BCUT2D eigenvalue weighted by Crippen LogP contribution is 2.26. The summed E-state index contributed by atoms with van der Waals surface area (Å²) < 4.78 is 0. The Morgan fingerprint density at radius 1 is 1.40 bits per heavy atom. The van der Waals surface area contributed by atoms with E-state index in [0.717, 1.165) is 18.5 Å². The molecule has 0 saturated carbocycles. The minimum Gasteiger partial charge on any atom is -0.330 e. The lowest BCUT2D eigenvalue weighted by molar-refractivity contribution is -0.126. The molecule has 0 bridgehead atoms. The summed E-state index contributed by atoms with van der Waals surface area (Å²) in [4.78, 5) is 24.7. The lowest BCUT2D eigenvalue weighted by Gasteiger charge is -2.22. The van der Waals surface area contributed by atoms with Crippen LogP contribution in [0.25, 0.3) is 0 Å². The molecule has 0 aromatic heterocycles. The van der Waals surface area contributed by atoms with Crippen LogP contribution in [0.15, 0.2) is 11.8 Å². The number of carbonyl (C=O) groups is 2. The molecule has 1 saturated heterocycles. The maximum atomic E-state index is 11.7. The van der Waals surface area contributed by atoms with Gasteiger partial charge in [0.25, 0.3) is 0 Å². The molecule has 82 valence electrons. The second-order valence-electron chi connectivity index (χ2n) is 4.27. The Kier molecular flexibility index (Phi) is 2.86. The third-order valence-corrected chi connectivity index (χ3v) is 3.07. The van der Waals surface area contributed by atoms with Gasteiger partial charge in [0.15, 0.2) is 5.78 Å². The molecule has 15 heavy (non-hydrogen) atoms. The Hall–Kier alpha value is -1.16. The maximum absolute atomic E-state index is 11.7. The molecule has 0 radical (unpaired) electrons. The number of hydrogen-bond donors (Lipinski definition) is 1. The summed E-state index contributed by atoms with van der Waals surface area (Å²) in [5.74, 6) is 0.516. The topological polar surface area (TPSA) is 63.4 Å². The van der Waals surface area contributed by atoms with Gasteiger partial charge in [-0.2, -0.15) is 0 Å². The van der Waals surface area contributed by atoms with Crippen molar-refractivity contribution in [2.45, 2.75) is 25.7 Å². The van der Waals surface area contributed by atoms with Crippen LogP contribution in [0.2, 0.25) is 0 Å². The standard InChI is InChI=1S/C11H16N2O2/c12-6-8-4-11(15)13(7-8)9-2-1-3-10(14)5-9/h5,8H,1-4,6-7,12H2. The molecule has 1 fully saturated rings. The summed E-state index contributed by atoms with van der Waals surface area (Å²) in [5, 5.41) is 0. The van der Waals surface area contributed by atoms with Crippen LogP contribution in [0.1, 0.15) is 25.7 Å². The van der Waals surface area contributed by atoms with Crippen LogP contribution >= 0.6 is 0 Å². The molecule has 0 aromatic carbocycles. The highest BCUT2D eigenvalue weighted by molar-refractivity contribution is 5.92. The Morgan fingerprint density at radius 3 is 2.80 bits per heavy atom. The second kappa shape index (κ2) is 4.14. The average molecular weight is 208 g/mol. The van der Waals surface area contributed by atoms with Gasteiger partial charge in [-0.05, 0) is 25.3 Å². The molecule has 1 heterocycles. The molecule has 0 spiro atoms. The van der Waals surface area contributed by atoms with E-state index in [-0.39, 0.29) is 17.6 Å². The second-order valence-corrected chi connectivity index (χ2v) is 4.27. The van der Waals surface area contributed by atoms with Gasteiger partial charge in [0.05, 0.1) is 0 Å². The highest BCUT2D eigenvalue weighted by Gasteiger charge is 2.31. The van der Waals surface area contributed by atoms with E-state index in [1.165, 1.54) is 0 Å². The monoisotopic (exact) mass is 208 g/mol. The van der Waals surface area contributed by atoms with Crippen molar-refractivity contribution in [1.29, 1.82) is 0 Å². The van der Waals surface area contributed by atoms with Crippen molar-refractivity contribution in [3.63, 3.8) is 0 Å². The summed E-state index contributed by atoms with van der Waals surface area (Å²) >= 11 is 0. The van der Waals surface area contributed by atoms with E-state index in [1.54, 1.807) is 11.0 Å². The van der Waals surface area contributed by atoms with Crippen molar-refractivity contribution in [3.05, 3.63) is 11.8 Å². The molecule has 2 N–H and O–H groups in total. The Morgan fingerprint density at radius 2 is 2.20 bits per heavy atom. The van der Waals surface area contributed by atoms with E-state index < -0.39 is 0 Å². The molecule has 2 rings (SSSR count). The lowest BCUT2D eigenvalue weighted by Crippen LogP contribution is -2.27. The van der Waals surface area contributed by atoms with Crippen molar-refractivity contribution >= 4 is 11.7 Å². The Labute approximate surface area is 89.1 Å². The summed E-state index contributed by atoms with van der Waals surface area (Å²) in [7, 11) is 0.